The first-order valence-electron chi connectivity index (χ1n) is 6.55. The Bertz CT molecular complexity index is 521. The number of carbonyl (C=O) groups is 1. The van der Waals surface area contributed by atoms with Crippen LogP contribution in [-0.2, 0) is 4.79 Å². The number of phenols is 1. The van der Waals surface area contributed by atoms with Crippen molar-refractivity contribution in [1.29, 1.82) is 0 Å². The lowest BCUT2D eigenvalue weighted by Crippen LogP contribution is -2.40. The number of hydrogen-bond acceptors (Lipinski definition) is 3. The van der Waals surface area contributed by atoms with E-state index in [4.69, 9.17) is 28.3 Å². The first kappa shape index (κ1) is 15.4. The Morgan fingerprint density at radius 2 is 2.15 bits per heavy atom. The van der Waals surface area contributed by atoms with Gasteiger partial charge in [-0.25, -0.2) is 0 Å². The number of likely N-dealkylation sites (tertiary alicyclic amines) is 1. The third-order valence-electron chi connectivity index (χ3n) is 3.88. The molecular weight excluding hydrogens is 301 g/mol. The molecule has 2 atom stereocenters. The molecular formula is C14H17Cl2NO3. The molecule has 1 aromatic rings. The van der Waals surface area contributed by atoms with E-state index in [1.165, 1.54) is 6.07 Å². The summed E-state index contributed by atoms with van der Waals surface area (Å²) >= 11 is 12.2. The zero-order valence-corrected chi connectivity index (χ0v) is 12.7. The Labute approximate surface area is 127 Å². The van der Waals surface area contributed by atoms with Crippen LogP contribution < -0.4 is 0 Å². The van der Waals surface area contributed by atoms with Crippen molar-refractivity contribution >= 4 is 29.2 Å². The fourth-order valence-corrected chi connectivity index (χ4v) is 3.18. The van der Waals surface area contributed by atoms with Crippen LogP contribution in [0.15, 0.2) is 12.1 Å². The van der Waals surface area contributed by atoms with Gasteiger partial charge in [0.2, 0.25) is 0 Å². The largest absolute Gasteiger partial charge is 0.508 e. The third-order valence-corrected chi connectivity index (χ3v) is 4.70. The molecule has 1 aromatic carbocycles. The van der Waals surface area contributed by atoms with Crippen LogP contribution in [0, 0.1) is 5.92 Å². The smallest absolute Gasteiger partial charge is 0.307 e. The van der Waals surface area contributed by atoms with Crippen molar-refractivity contribution in [1.82, 2.24) is 4.90 Å². The Balaban J connectivity index is 2.25. The number of hydrogen-bond donors (Lipinski definition) is 2. The van der Waals surface area contributed by atoms with Crippen LogP contribution in [0.1, 0.15) is 31.4 Å². The normalized spacial score (nSPS) is 21.6. The number of aliphatic carboxylic acids is 1. The number of benzene rings is 1. The van der Waals surface area contributed by atoms with E-state index in [2.05, 4.69) is 0 Å². The molecule has 0 radical (unpaired) electrons. The Morgan fingerprint density at radius 1 is 1.45 bits per heavy atom. The summed E-state index contributed by atoms with van der Waals surface area (Å²) in [5.74, 6) is -1.06. The Kier molecular flexibility index (Phi) is 4.78. The molecule has 0 spiro atoms. The van der Waals surface area contributed by atoms with Gasteiger partial charge in [0.05, 0.1) is 16.0 Å². The zero-order valence-electron chi connectivity index (χ0n) is 11.1. The van der Waals surface area contributed by atoms with E-state index in [1.807, 2.05) is 11.8 Å². The SMILES string of the molecule is C[C@@H](c1c(O)ccc(Cl)c1Cl)N1CCC[C@@H](C(=O)O)C1. The molecule has 0 unspecified atom stereocenters. The first-order valence-corrected chi connectivity index (χ1v) is 7.31. The van der Waals surface area contributed by atoms with Crippen molar-refractivity contribution in [2.24, 2.45) is 5.92 Å². The van der Waals surface area contributed by atoms with Crippen molar-refractivity contribution in [2.45, 2.75) is 25.8 Å². The minimum atomic E-state index is -0.775. The van der Waals surface area contributed by atoms with Crippen molar-refractivity contribution in [3.63, 3.8) is 0 Å². The monoisotopic (exact) mass is 317 g/mol. The topological polar surface area (TPSA) is 60.8 Å². The molecule has 1 aliphatic heterocycles. The lowest BCUT2D eigenvalue weighted by molar-refractivity contribution is -0.143. The summed E-state index contributed by atoms with van der Waals surface area (Å²) in [6, 6.07) is 2.88. The molecule has 20 heavy (non-hydrogen) atoms. The number of carboxylic acids is 1. The quantitative estimate of drug-likeness (QED) is 0.894. The maximum Gasteiger partial charge on any atom is 0.307 e. The van der Waals surface area contributed by atoms with E-state index >= 15 is 0 Å². The highest BCUT2D eigenvalue weighted by Crippen LogP contribution is 2.39. The Hall–Kier alpha value is -0.970. The summed E-state index contributed by atoms with van der Waals surface area (Å²) in [5.41, 5.74) is 0.560. The fourth-order valence-electron chi connectivity index (χ4n) is 2.70. The number of piperidine rings is 1. The molecule has 1 fully saturated rings. The van der Waals surface area contributed by atoms with Gasteiger partial charge < -0.3 is 10.2 Å². The number of rotatable bonds is 3. The lowest BCUT2D eigenvalue weighted by Gasteiger charge is -2.36. The van der Waals surface area contributed by atoms with E-state index in [0.717, 1.165) is 13.0 Å². The molecule has 0 bridgehead atoms. The molecule has 1 saturated heterocycles. The molecule has 1 heterocycles. The summed E-state index contributed by atoms with van der Waals surface area (Å²) in [7, 11) is 0. The number of phenolic OH excluding ortho intramolecular Hbond substituents is 1. The number of carboxylic acid groups (broad SMARTS) is 1. The molecule has 4 nitrogen and oxygen atoms in total. The molecule has 2 rings (SSSR count). The van der Waals surface area contributed by atoms with Gasteiger partial charge in [-0.05, 0) is 38.4 Å². The molecule has 0 aliphatic carbocycles. The highest BCUT2D eigenvalue weighted by molar-refractivity contribution is 6.42. The minimum absolute atomic E-state index is 0.0874. The van der Waals surface area contributed by atoms with E-state index in [-0.39, 0.29) is 17.7 Å². The average molecular weight is 318 g/mol. The first-order chi connectivity index (χ1) is 9.41. The molecule has 6 heteroatoms. The van der Waals surface area contributed by atoms with Crippen LogP contribution in [0.25, 0.3) is 0 Å². The summed E-state index contributed by atoms with van der Waals surface area (Å²) in [4.78, 5) is 13.2. The van der Waals surface area contributed by atoms with Gasteiger partial charge in [0, 0.05) is 18.2 Å². The van der Waals surface area contributed by atoms with Gasteiger partial charge in [-0.3, -0.25) is 9.69 Å². The van der Waals surface area contributed by atoms with E-state index in [9.17, 15) is 9.90 Å². The molecule has 1 aliphatic rings. The van der Waals surface area contributed by atoms with Gasteiger partial charge >= 0.3 is 5.97 Å². The second-order valence-corrected chi connectivity index (χ2v) is 5.93. The van der Waals surface area contributed by atoms with Crippen LogP contribution in [0.4, 0.5) is 0 Å². The lowest BCUT2D eigenvalue weighted by atomic mass is 9.95. The van der Waals surface area contributed by atoms with Crippen molar-refractivity contribution in [2.75, 3.05) is 13.1 Å². The third kappa shape index (κ3) is 3.03. The van der Waals surface area contributed by atoms with Crippen molar-refractivity contribution in [3.05, 3.63) is 27.7 Å². The predicted molar refractivity (Wildman–Crippen MR) is 78.5 cm³/mol. The maximum atomic E-state index is 11.1. The van der Waals surface area contributed by atoms with Gasteiger partial charge in [-0.15, -0.1) is 0 Å². The van der Waals surface area contributed by atoms with E-state index < -0.39 is 5.97 Å². The van der Waals surface area contributed by atoms with E-state index in [1.54, 1.807) is 6.07 Å². The number of nitrogens with zero attached hydrogens (tertiary/aromatic N) is 1. The number of aromatic hydroxyl groups is 1. The number of halogens is 2. The van der Waals surface area contributed by atoms with Gasteiger partial charge in [0.1, 0.15) is 5.75 Å². The Morgan fingerprint density at radius 3 is 2.80 bits per heavy atom. The van der Waals surface area contributed by atoms with Crippen LogP contribution in [0.3, 0.4) is 0 Å². The highest BCUT2D eigenvalue weighted by atomic mass is 35.5. The van der Waals surface area contributed by atoms with Gasteiger partial charge in [-0.2, -0.15) is 0 Å². The van der Waals surface area contributed by atoms with Crippen LogP contribution >= 0.6 is 23.2 Å². The summed E-state index contributed by atoms with van der Waals surface area (Å²) in [6.45, 7) is 3.15. The molecule has 0 saturated carbocycles. The van der Waals surface area contributed by atoms with Crippen molar-refractivity contribution < 1.29 is 15.0 Å². The van der Waals surface area contributed by atoms with Gasteiger partial charge in [0.25, 0.3) is 0 Å². The summed E-state index contributed by atoms with van der Waals surface area (Å²) < 4.78 is 0. The summed E-state index contributed by atoms with van der Waals surface area (Å²) in [6.07, 6.45) is 1.51. The second-order valence-electron chi connectivity index (χ2n) is 5.14. The van der Waals surface area contributed by atoms with Crippen LogP contribution in [0.2, 0.25) is 10.0 Å². The van der Waals surface area contributed by atoms with Crippen LogP contribution in [-0.4, -0.2) is 34.2 Å². The van der Waals surface area contributed by atoms with Gasteiger partial charge in [-0.1, -0.05) is 23.2 Å². The average Bonchev–Trinajstić information content (AvgIpc) is 2.43. The molecule has 0 aromatic heterocycles. The van der Waals surface area contributed by atoms with Gasteiger partial charge in [0.15, 0.2) is 0 Å². The maximum absolute atomic E-state index is 11.1. The van der Waals surface area contributed by atoms with Crippen LogP contribution in [0.5, 0.6) is 5.75 Å². The molecule has 110 valence electrons. The molecule has 0 amide bonds. The summed E-state index contributed by atoms with van der Waals surface area (Å²) in [5, 5.41) is 19.9. The second kappa shape index (κ2) is 6.20. The van der Waals surface area contributed by atoms with E-state index in [0.29, 0.717) is 28.6 Å². The highest BCUT2D eigenvalue weighted by Gasteiger charge is 2.30. The minimum Gasteiger partial charge on any atom is -0.508 e. The fraction of sp³-hybridized carbons (Fsp3) is 0.500. The van der Waals surface area contributed by atoms with Crippen molar-refractivity contribution in [3.8, 4) is 5.75 Å². The zero-order chi connectivity index (χ0) is 14.9. The molecule has 2 N–H and O–H groups in total. The predicted octanol–water partition coefficient (Wildman–Crippen LogP) is 3.56. The standard InChI is InChI=1S/C14H17Cl2NO3/c1-8(12-11(18)5-4-10(15)13(12)16)17-6-2-3-9(7-17)14(19)20/h4-5,8-9,18H,2-3,6-7H2,1H3,(H,19,20)/t8-,9+/m0/s1.